The molecule has 2 rings (SSSR count). The summed E-state index contributed by atoms with van der Waals surface area (Å²) in [6.07, 6.45) is 0. The molecule has 0 aliphatic heterocycles. The molecule has 0 fully saturated rings. The van der Waals surface area contributed by atoms with Crippen LogP contribution in [0, 0.1) is 17.5 Å². The van der Waals surface area contributed by atoms with Gasteiger partial charge in [-0.2, -0.15) is 0 Å². The lowest BCUT2D eigenvalue weighted by molar-refractivity contribution is 0.582. The normalized spacial score (nSPS) is 10.7. The Bertz CT molecular complexity index is 567. The third-order valence-corrected chi connectivity index (χ3v) is 2.63. The van der Waals surface area contributed by atoms with Gasteiger partial charge in [0.25, 0.3) is 0 Å². The highest BCUT2D eigenvalue weighted by atomic mass is 19.1. The molecule has 0 amide bonds. The maximum absolute atomic E-state index is 13.7. The second kappa shape index (κ2) is 5.23. The Morgan fingerprint density at radius 1 is 0.889 bits per heavy atom. The van der Waals surface area contributed by atoms with Gasteiger partial charge in [0.1, 0.15) is 17.5 Å². The van der Waals surface area contributed by atoms with E-state index < -0.39 is 17.5 Å². The van der Waals surface area contributed by atoms with E-state index in [1.54, 1.807) is 19.2 Å². The second-order valence-electron chi connectivity index (χ2n) is 3.97. The van der Waals surface area contributed by atoms with Crippen molar-refractivity contribution in [2.45, 2.75) is 6.54 Å². The monoisotopic (exact) mass is 251 g/mol. The molecule has 0 saturated carbocycles. The standard InChI is InChI=1S/C14H12F3N/c1-18-8-9-2-5-13(16)12(6-9)11-4-3-10(15)7-14(11)17/h2-7,18H,8H2,1H3. The van der Waals surface area contributed by atoms with Gasteiger partial charge in [0.15, 0.2) is 0 Å². The first-order chi connectivity index (χ1) is 8.61. The maximum atomic E-state index is 13.7. The maximum Gasteiger partial charge on any atom is 0.134 e. The van der Waals surface area contributed by atoms with Crippen LogP contribution in [0.4, 0.5) is 13.2 Å². The number of benzene rings is 2. The van der Waals surface area contributed by atoms with Gasteiger partial charge in [-0.3, -0.25) is 0 Å². The minimum absolute atomic E-state index is 0.0619. The molecule has 0 aromatic heterocycles. The Kier molecular flexibility index (Phi) is 3.67. The minimum Gasteiger partial charge on any atom is -0.316 e. The van der Waals surface area contributed by atoms with Crippen LogP contribution in [-0.4, -0.2) is 7.05 Å². The molecule has 0 aliphatic carbocycles. The average molecular weight is 251 g/mol. The van der Waals surface area contributed by atoms with Crippen molar-refractivity contribution in [2.24, 2.45) is 0 Å². The Hall–Kier alpha value is -1.81. The highest BCUT2D eigenvalue weighted by Gasteiger charge is 2.11. The molecule has 0 spiro atoms. The molecule has 0 atom stereocenters. The predicted octanol–water partition coefficient (Wildman–Crippen LogP) is 3.49. The molecular formula is C14H12F3N. The Balaban J connectivity index is 2.51. The van der Waals surface area contributed by atoms with Crippen LogP contribution >= 0.6 is 0 Å². The number of hydrogen-bond donors (Lipinski definition) is 1. The van der Waals surface area contributed by atoms with Gasteiger partial charge in [-0.15, -0.1) is 0 Å². The number of nitrogens with one attached hydrogen (secondary N) is 1. The highest BCUT2D eigenvalue weighted by Crippen LogP contribution is 2.27. The van der Waals surface area contributed by atoms with E-state index in [1.807, 2.05) is 0 Å². The zero-order chi connectivity index (χ0) is 13.1. The van der Waals surface area contributed by atoms with Crippen molar-refractivity contribution < 1.29 is 13.2 Å². The zero-order valence-electron chi connectivity index (χ0n) is 9.81. The van der Waals surface area contributed by atoms with Crippen LogP contribution in [0.25, 0.3) is 11.1 Å². The van der Waals surface area contributed by atoms with E-state index in [0.717, 1.165) is 17.7 Å². The Morgan fingerprint density at radius 3 is 2.33 bits per heavy atom. The summed E-state index contributed by atoms with van der Waals surface area (Å²) in [5.74, 6) is -1.97. The summed E-state index contributed by atoms with van der Waals surface area (Å²) < 4.78 is 40.1. The molecular weight excluding hydrogens is 239 g/mol. The molecule has 4 heteroatoms. The van der Waals surface area contributed by atoms with E-state index in [4.69, 9.17) is 0 Å². The van der Waals surface area contributed by atoms with Crippen LogP contribution < -0.4 is 5.32 Å². The quantitative estimate of drug-likeness (QED) is 0.880. The van der Waals surface area contributed by atoms with E-state index in [2.05, 4.69) is 5.32 Å². The number of hydrogen-bond acceptors (Lipinski definition) is 1. The lowest BCUT2D eigenvalue weighted by atomic mass is 10.0. The molecule has 1 nitrogen and oxygen atoms in total. The molecule has 2 aromatic carbocycles. The largest absolute Gasteiger partial charge is 0.316 e. The molecule has 0 aliphatic rings. The molecule has 18 heavy (non-hydrogen) atoms. The molecule has 94 valence electrons. The minimum atomic E-state index is -0.768. The summed E-state index contributed by atoms with van der Waals surface area (Å²) in [5.41, 5.74) is 1.03. The van der Waals surface area contributed by atoms with Crippen LogP contribution in [0.15, 0.2) is 36.4 Å². The van der Waals surface area contributed by atoms with E-state index in [9.17, 15) is 13.2 Å². The van der Waals surface area contributed by atoms with Crippen molar-refractivity contribution in [3.8, 4) is 11.1 Å². The van der Waals surface area contributed by atoms with Crippen LogP contribution in [-0.2, 0) is 6.54 Å². The van der Waals surface area contributed by atoms with Gasteiger partial charge in [-0.25, -0.2) is 13.2 Å². The molecule has 0 saturated heterocycles. The lowest BCUT2D eigenvalue weighted by Gasteiger charge is -2.08. The fourth-order valence-electron chi connectivity index (χ4n) is 1.80. The summed E-state index contributed by atoms with van der Waals surface area (Å²) in [7, 11) is 1.77. The first-order valence-electron chi connectivity index (χ1n) is 5.50. The molecule has 2 aromatic rings. The topological polar surface area (TPSA) is 12.0 Å². The average Bonchev–Trinajstić information content (AvgIpc) is 2.33. The van der Waals surface area contributed by atoms with Crippen molar-refractivity contribution in [2.75, 3.05) is 7.05 Å². The van der Waals surface area contributed by atoms with E-state index in [1.165, 1.54) is 12.1 Å². The predicted molar refractivity (Wildman–Crippen MR) is 64.5 cm³/mol. The number of halogens is 3. The van der Waals surface area contributed by atoms with Crippen molar-refractivity contribution in [1.29, 1.82) is 0 Å². The SMILES string of the molecule is CNCc1ccc(F)c(-c2ccc(F)cc2F)c1. The zero-order valence-corrected chi connectivity index (χ0v) is 9.81. The fourth-order valence-corrected chi connectivity index (χ4v) is 1.80. The van der Waals surface area contributed by atoms with Gasteiger partial charge in [-0.1, -0.05) is 6.07 Å². The number of rotatable bonds is 3. The first-order valence-corrected chi connectivity index (χ1v) is 5.50. The summed E-state index contributed by atoms with van der Waals surface area (Å²) >= 11 is 0. The van der Waals surface area contributed by atoms with Crippen LogP contribution in [0.3, 0.4) is 0 Å². The smallest absolute Gasteiger partial charge is 0.134 e. The molecule has 0 bridgehead atoms. The van der Waals surface area contributed by atoms with Crippen molar-refractivity contribution in [3.05, 3.63) is 59.4 Å². The van der Waals surface area contributed by atoms with Crippen molar-refractivity contribution in [3.63, 3.8) is 0 Å². The molecule has 0 heterocycles. The Labute approximate surface area is 103 Å². The van der Waals surface area contributed by atoms with E-state index >= 15 is 0 Å². The van der Waals surface area contributed by atoms with Gasteiger partial charge in [-0.05, 0) is 36.9 Å². The van der Waals surface area contributed by atoms with E-state index in [-0.39, 0.29) is 11.1 Å². The summed E-state index contributed by atoms with van der Waals surface area (Å²) in [6.45, 7) is 0.552. The second-order valence-corrected chi connectivity index (χ2v) is 3.97. The van der Waals surface area contributed by atoms with Crippen LogP contribution in [0.2, 0.25) is 0 Å². The molecule has 1 N–H and O–H groups in total. The molecule has 0 unspecified atom stereocenters. The van der Waals surface area contributed by atoms with Crippen molar-refractivity contribution in [1.82, 2.24) is 5.32 Å². The summed E-state index contributed by atoms with van der Waals surface area (Å²) in [4.78, 5) is 0. The summed E-state index contributed by atoms with van der Waals surface area (Å²) in [5, 5.41) is 2.93. The van der Waals surface area contributed by atoms with Gasteiger partial charge in [0, 0.05) is 23.7 Å². The van der Waals surface area contributed by atoms with Gasteiger partial charge in [0.2, 0.25) is 0 Å². The first kappa shape index (κ1) is 12.6. The fraction of sp³-hybridized carbons (Fsp3) is 0.143. The highest BCUT2D eigenvalue weighted by molar-refractivity contribution is 5.65. The third kappa shape index (κ3) is 2.54. The van der Waals surface area contributed by atoms with Gasteiger partial charge >= 0.3 is 0 Å². The van der Waals surface area contributed by atoms with Gasteiger partial charge in [0.05, 0.1) is 0 Å². The molecule has 0 radical (unpaired) electrons. The van der Waals surface area contributed by atoms with Crippen LogP contribution in [0.5, 0.6) is 0 Å². The lowest BCUT2D eigenvalue weighted by Crippen LogP contribution is -2.05. The van der Waals surface area contributed by atoms with E-state index in [0.29, 0.717) is 6.54 Å². The van der Waals surface area contributed by atoms with Gasteiger partial charge < -0.3 is 5.32 Å². The van der Waals surface area contributed by atoms with Crippen molar-refractivity contribution >= 4 is 0 Å². The third-order valence-electron chi connectivity index (χ3n) is 2.63. The summed E-state index contributed by atoms with van der Waals surface area (Å²) in [6, 6.07) is 7.57. The van der Waals surface area contributed by atoms with Crippen LogP contribution in [0.1, 0.15) is 5.56 Å². The Morgan fingerprint density at radius 2 is 1.67 bits per heavy atom.